The van der Waals surface area contributed by atoms with E-state index in [1.807, 2.05) is 47.8 Å². The van der Waals surface area contributed by atoms with Crippen molar-refractivity contribution in [2.24, 2.45) is 0 Å². The number of nitrogens with zero attached hydrogens (tertiary/aromatic N) is 1. The Labute approximate surface area is 131 Å². The highest BCUT2D eigenvalue weighted by Gasteiger charge is 2.15. The van der Waals surface area contributed by atoms with E-state index in [0.29, 0.717) is 0 Å². The molecule has 22 heavy (non-hydrogen) atoms. The van der Waals surface area contributed by atoms with Crippen molar-refractivity contribution < 1.29 is 14.2 Å². The van der Waals surface area contributed by atoms with Crippen LogP contribution in [0.2, 0.25) is 0 Å². The summed E-state index contributed by atoms with van der Waals surface area (Å²) >= 11 is 1.61. The lowest BCUT2D eigenvalue weighted by Crippen LogP contribution is -1.92. The lowest BCUT2D eigenvalue weighted by atomic mass is 10.1. The number of rotatable bonds is 3. The van der Waals surface area contributed by atoms with Crippen molar-refractivity contribution in [1.29, 1.82) is 0 Å². The number of ether oxygens (including phenoxy) is 3. The van der Waals surface area contributed by atoms with Gasteiger partial charge in [0.15, 0.2) is 11.5 Å². The van der Waals surface area contributed by atoms with Crippen LogP contribution in [0, 0.1) is 0 Å². The average Bonchev–Trinajstić information content (AvgIpc) is 3.23. The first-order valence-corrected chi connectivity index (χ1v) is 7.71. The van der Waals surface area contributed by atoms with Crippen molar-refractivity contribution >= 4 is 11.3 Å². The molecule has 2 heterocycles. The minimum Gasteiger partial charge on any atom is -0.497 e. The van der Waals surface area contributed by atoms with Crippen molar-refractivity contribution in [2.75, 3.05) is 13.9 Å². The summed E-state index contributed by atoms with van der Waals surface area (Å²) < 4.78 is 16.0. The molecule has 0 aliphatic carbocycles. The van der Waals surface area contributed by atoms with E-state index >= 15 is 0 Å². The number of fused-ring (bicyclic) bond motifs is 1. The number of methoxy groups -OCH3 is 1. The summed E-state index contributed by atoms with van der Waals surface area (Å²) in [5, 5.41) is 3.01. The molecule has 110 valence electrons. The van der Waals surface area contributed by atoms with Crippen LogP contribution in [0.4, 0.5) is 0 Å². The van der Waals surface area contributed by atoms with Gasteiger partial charge in [0, 0.05) is 16.5 Å². The minimum absolute atomic E-state index is 0.283. The van der Waals surface area contributed by atoms with E-state index in [-0.39, 0.29) is 6.79 Å². The molecule has 0 saturated heterocycles. The third-order valence-electron chi connectivity index (χ3n) is 3.49. The Hall–Kier alpha value is -2.53. The Balaban J connectivity index is 1.69. The van der Waals surface area contributed by atoms with Crippen molar-refractivity contribution in [3.8, 4) is 39.1 Å². The van der Waals surface area contributed by atoms with Gasteiger partial charge in [0.25, 0.3) is 0 Å². The monoisotopic (exact) mass is 311 g/mol. The molecule has 0 amide bonds. The predicted molar refractivity (Wildman–Crippen MR) is 85.7 cm³/mol. The first-order chi connectivity index (χ1) is 10.8. The quantitative estimate of drug-likeness (QED) is 0.726. The zero-order chi connectivity index (χ0) is 14.9. The standard InChI is InChI=1S/C17H13NO3S/c1-19-13-4-2-3-12(7-13)17-18-14(9-22-17)11-5-6-15-16(8-11)21-10-20-15/h2-9H,10H2,1H3. The molecule has 3 aromatic rings. The maximum absolute atomic E-state index is 5.42. The molecular weight excluding hydrogens is 298 g/mol. The van der Waals surface area contributed by atoms with Crippen LogP contribution in [0.5, 0.6) is 17.2 Å². The van der Waals surface area contributed by atoms with Crippen molar-refractivity contribution in [3.05, 3.63) is 47.8 Å². The molecule has 4 rings (SSSR count). The number of hydrogen-bond donors (Lipinski definition) is 0. The molecule has 0 spiro atoms. The molecule has 0 unspecified atom stereocenters. The van der Waals surface area contributed by atoms with Crippen LogP contribution in [-0.2, 0) is 0 Å². The first kappa shape index (κ1) is 13.2. The molecule has 0 radical (unpaired) electrons. The van der Waals surface area contributed by atoms with Crippen LogP contribution in [-0.4, -0.2) is 18.9 Å². The van der Waals surface area contributed by atoms with Crippen LogP contribution in [0.3, 0.4) is 0 Å². The number of benzene rings is 2. The van der Waals surface area contributed by atoms with Gasteiger partial charge in [0.1, 0.15) is 10.8 Å². The third-order valence-corrected chi connectivity index (χ3v) is 4.38. The van der Waals surface area contributed by atoms with E-state index < -0.39 is 0 Å². The highest BCUT2D eigenvalue weighted by atomic mass is 32.1. The molecule has 1 aromatic heterocycles. The summed E-state index contributed by atoms with van der Waals surface area (Å²) in [6.45, 7) is 0.283. The molecule has 0 atom stereocenters. The lowest BCUT2D eigenvalue weighted by molar-refractivity contribution is 0.174. The fraction of sp³-hybridized carbons (Fsp3) is 0.118. The molecule has 0 saturated carbocycles. The van der Waals surface area contributed by atoms with E-state index in [4.69, 9.17) is 19.2 Å². The summed E-state index contributed by atoms with van der Waals surface area (Å²) in [4.78, 5) is 4.72. The van der Waals surface area contributed by atoms with Gasteiger partial charge >= 0.3 is 0 Å². The van der Waals surface area contributed by atoms with E-state index in [9.17, 15) is 0 Å². The zero-order valence-electron chi connectivity index (χ0n) is 11.9. The van der Waals surface area contributed by atoms with Gasteiger partial charge in [-0.05, 0) is 30.3 Å². The van der Waals surface area contributed by atoms with E-state index in [0.717, 1.165) is 39.1 Å². The van der Waals surface area contributed by atoms with Gasteiger partial charge < -0.3 is 14.2 Å². The molecule has 4 nitrogen and oxygen atoms in total. The van der Waals surface area contributed by atoms with Gasteiger partial charge in [-0.3, -0.25) is 0 Å². The van der Waals surface area contributed by atoms with Crippen LogP contribution in [0.1, 0.15) is 0 Å². The summed E-state index contributed by atoms with van der Waals surface area (Å²) in [7, 11) is 1.67. The van der Waals surface area contributed by atoms with Gasteiger partial charge in [-0.25, -0.2) is 4.98 Å². The second-order valence-corrected chi connectivity index (χ2v) is 5.70. The Morgan fingerprint density at radius 1 is 1.05 bits per heavy atom. The first-order valence-electron chi connectivity index (χ1n) is 6.83. The van der Waals surface area contributed by atoms with Gasteiger partial charge in [0.2, 0.25) is 6.79 Å². The highest BCUT2D eigenvalue weighted by molar-refractivity contribution is 7.13. The molecule has 5 heteroatoms. The molecule has 0 N–H and O–H groups in total. The molecular formula is C17H13NO3S. The van der Waals surface area contributed by atoms with Crippen LogP contribution in [0.15, 0.2) is 47.8 Å². The predicted octanol–water partition coefficient (Wildman–Crippen LogP) is 4.21. The molecule has 2 aromatic carbocycles. The second-order valence-electron chi connectivity index (χ2n) is 4.84. The lowest BCUT2D eigenvalue weighted by Gasteiger charge is -2.01. The van der Waals surface area contributed by atoms with Gasteiger partial charge in [-0.15, -0.1) is 11.3 Å². The van der Waals surface area contributed by atoms with Gasteiger partial charge in [0.05, 0.1) is 12.8 Å². The van der Waals surface area contributed by atoms with E-state index in [1.54, 1.807) is 18.4 Å². The Kier molecular flexibility index (Phi) is 3.20. The van der Waals surface area contributed by atoms with Gasteiger partial charge in [-0.2, -0.15) is 0 Å². The summed E-state index contributed by atoms with van der Waals surface area (Å²) in [5.74, 6) is 2.39. The molecule has 1 aliphatic heterocycles. The fourth-order valence-corrected chi connectivity index (χ4v) is 3.18. The Bertz CT molecular complexity index is 828. The van der Waals surface area contributed by atoms with E-state index in [2.05, 4.69) is 0 Å². The number of aromatic nitrogens is 1. The van der Waals surface area contributed by atoms with Crippen molar-refractivity contribution in [1.82, 2.24) is 4.98 Å². The number of hydrogen-bond acceptors (Lipinski definition) is 5. The summed E-state index contributed by atoms with van der Waals surface area (Å²) in [6.07, 6.45) is 0. The second kappa shape index (κ2) is 5.35. The normalized spacial score (nSPS) is 12.4. The molecule has 1 aliphatic rings. The smallest absolute Gasteiger partial charge is 0.231 e. The summed E-state index contributed by atoms with van der Waals surface area (Å²) in [6, 6.07) is 13.8. The van der Waals surface area contributed by atoms with Crippen LogP contribution >= 0.6 is 11.3 Å². The van der Waals surface area contributed by atoms with Crippen molar-refractivity contribution in [3.63, 3.8) is 0 Å². The topological polar surface area (TPSA) is 40.6 Å². The van der Waals surface area contributed by atoms with E-state index in [1.165, 1.54) is 0 Å². The van der Waals surface area contributed by atoms with Crippen molar-refractivity contribution in [2.45, 2.75) is 0 Å². The SMILES string of the molecule is COc1cccc(-c2nc(-c3ccc4c(c3)OCO4)cs2)c1. The maximum atomic E-state index is 5.42. The third kappa shape index (κ3) is 2.29. The highest BCUT2D eigenvalue weighted by Crippen LogP contribution is 2.37. The maximum Gasteiger partial charge on any atom is 0.231 e. The zero-order valence-corrected chi connectivity index (χ0v) is 12.7. The largest absolute Gasteiger partial charge is 0.497 e. The molecule has 0 fully saturated rings. The minimum atomic E-state index is 0.283. The average molecular weight is 311 g/mol. The number of thiazole rings is 1. The fourth-order valence-electron chi connectivity index (χ4n) is 2.35. The summed E-state index contributed by atoms with van der Waals surface area (Å²) in [5.41, 5.74) is 3.01. The Morgan fingerprint density at radius 3 is 2.86 bits per heavy atom. The Morgan fingerprint density at radius 2 is 1.95 bits per heavy atom. The van der Waals surface area contributed by atoms with Crippen LogP contribution < -0.4 is 14.2 Å². The van der Waals surface area contributed by atoms with Gasteiger partial charge in [-0.1, -0.05) is 12.1 Å². The molecule has 0 bridgehead atoms. The van der Waals surface area contributed by atoms with Crippen LogP contribution in [0.25, 0.3) is 21.8 Å².